The molecule has 0 spiro atoms. The van der Waals surface area contributed by atoms with Crippen molar-refractivity contribution in [1.82, 2.24) is 5.32 Å². The molecule has 0 aliphatic heterocycles. The Morgan fingerprint density at radius 1 is 1.25 bits per heavy atom. The van der Waals surface area contributed by atoms with Gasteiger partial charge in [-0.2, -0.15) is 0 Å². The van der Waals surface area contributed by atoms with E-state index in [1.165, 1.54) is 6.07 Å². The van der Waals surface area contributed by atoms with Crippen molar-refractivity contribution >= 4 is 17.5 Å². The molecule has 0 aliphatic rings. The fourth-order valence-corrected chi connectivity index (χ4v) is 1.63. The maximum Gasteiger partial charge on any atom is 0.433 e. The second-order valence-electron chi connectivity index (χ2n) is 4.01. The van der Waals surface area contributed by atoms with E-state index < -0.39 is 4.92 Å². The summed E-state index contributed by atoms with van der Waals surface area (Å²) in [6.07, 6.45) is 0. The minimum absolute atomic E-state index is 0.154. The molecule has 7 heteroatoms. The zero-order valence-electron chi connectivity index (χ0n) is 10.8. The molecule has 0 saturated carbocycles. The van der Waals surface area contributed by atoms with E-state index >= 15 is 0 Å². The van der Waals surface area contributed by atoms with Gasteiger partial charge in [0.1, 0.15) is 10.7 Å². The first-order valence-corrected chi connectivity index (χ1v) is 5.89. The highest BCUT2D eigenvalue weighted by atomic mass is 16.6. The lowest BCUT2D eigenvalue weighted by Crippen LogP contribution is -2.17. The van der Waals surface area contributed by atoms with E-state index in [4.69, 9.17) is 4.42 Å². The van der Waals surface area contributed by atoms with Crippen molar-refractivity contribution in [2.24, 2.45) is 0 Å². The second-order valence-corrected chi connectivity index (χ2v) is 4.01. The Bertz CT molecular complexity index is 619. The molecule has 0 atom stereocenters. The third kappa shape index (κ3) is 3.14. The van der Waals surface area contributed by atoms with Crippen molar-refractivity contribution in [1.29, 1.82) is 0 Å². The molecule has 2 aromatic rings. The van der Waals surface area contributed by atoms with Gasteiger partial charge in [0.2, 0.25) is 0 Å². The zero-order valence-corrected chi connectivity index (χ0v) is 10.8. The predicted octanol–water partition coefficient (Wildman–Crippen LogP) is 2.16. The van der Waals surface area contributed by atoms with Crippen LogP contribution < -0.4 is 10.6 Å². The highest BCUT2D eigenvalue weighted by Crippen LogP contribution is 2.17. The molecule has 0 radical (unpaired) electrons. The molecule has 0 unspecified atom stereocenters. The normalized spacial score (nSPS) is 10.1. The number of nitrogens with zero attached hydrogens (tertiary/aromatic N) is 1. The number of benzene rings is 1. The van der Waals surface area contributed by atoms with Crippen molar-refractivity contribution in [3.63, 3.8) is 0 Å². The van der Waals surface area contributed by atoms with Crippen LogP contribution in [0.15, 0.2) is 40.8 Å². The van der Waals surface area contributed by atoms with Gasteiger partial charge in [0.15, 0.2) is 0 Å². The summed E-state index contributed by atoms with van der Waals surface area (Å²) in [7, 11) is 1.57. The first-order valence-electron chi connectivity index (χ1n) is 5.89. The topological polar surface area (TPSA) is 97.4 Å². The van der Waals surface area contributed by atoms with E-state index in [2.05, 4.69) is 10.6 Å². The minimum Gasteiger partial charge on any atom is -0.404 e. The van der Waals surface area contributed by atoms with E-state index in [0.717, 1.165) is 5.69 Å². The van der Waals surface area contributed by atoms with Gasteiger partial charge < -0.3 is 15.1 Å². The van der Waals surface area contributed by atoms with Crippen LogP contribution in [0.1, 0.15) is 16.1 Å². The van der Waals surface area contributed by atoms with Crippen LogP contribution >= 0.6 is 0 Å². The lowest BCUT2D eigenvalue weighted by Gasteiger charge is -2.05. The van der Waals surface area contributed by atoms with Crippen LogP contribution in [-0.2, 0) is 6.54 Å². The van der Waals surface area contributed by atoms with E-state index in [9.17, 15) is 14.9 Å². The first kappa shape index (κ1) is 13.6. The number of carbonyl (C=O) groups is 1. The van der Waals surface area contributed by atoms with Gasteiger partial charge in [0, 0.05) is 18.3 Å². The number of carbonyl (C=O) groups excluding carboxylic acids is 1. The maximum absolute atomic E-state index is 11.4. The summed E-state index contributed by atoms with van der Waals surface area (Å²) in [5.41, 5.74) is 1.35. The Hall–Kier alpha value is -2.83. The molecular weight excluding hydrogens is 262 g/mol. The Balaban J connectivity index is 1.96. The van der Waals surface area contributed by atoms with Crippen LogP contribution in [0.4, 0.5) is 11.6 Å². The number of rotatable bonds is 5. The highest BCUT2D eigenvalue weighted by molar-refractivity contribution is 5.94. The zero-order chi connectivity index (χ0) is 14.5. The SMILES string of the molecule is CNC(=O)c1ccc(NCc2ccc([N+](=O)[O-])o2)cc1. The number of nitro groups is 1. The molecule has 7 nitrogen and oxygen atoms in total. The quantitative estimate of drug-likeness (QED) is 0.643. The molecule has 2 rings (SSSR count). The molecule has 2 N–H and O–H groups in total. The van der Waals surface area contributed by atoms with Crippen LogP contribution in [0.25, 0.3) is 0 Å². The van der Waals surface area contributed by atoms with E-state index in [0.29, 0.717) is 17.9 Å². The summed E-state index contributed by atoms with van der Waals surface area (Å²) in [6, 6.07) is 9.73. The van der Waals surface area contributed by atoms with E-state index in [1.807, 2.05) is 0 Å². The molecule has 0 bridgehead atoms. The number of nitrogens with one attached hydrogen (secondary N) is 2. The lowest BCUT2D eigenvalue weighted by atomic mass is 10.2. The van der Waals surface area contributed by atoms with Crippen molar-refractivity contribution in [2.75, 3.05) is 12.4 Å². The van der Waals surface area contributed by atoms with Crippen molar-refractivity contribution in [2.45, 2.75) is 6.54 Å². The molecule has 1 heterocycles. The fraction of sp³-hybridized carbons (Fsp3) is 0.154. The molecule has 20 heavy (non-hydrogen) atoms. The number of amides is 1. The number of furan rings is 1. The monoisotopic (exact) mass is 275 g/mol. The van der Waals surface area contributed by atoms with Gasteiger partial charge in [-0.15, -0.1) is 0 Å². The van der Waals surface area contributed by atoms with Gasteiger partial charge in [-0.1, -0.05) is 0 Å². The average Bonchev–Trinajstić information content (AvgIpc) is 2.94. The molecule has 0 fully saturated rings. The van der Waals surface area contributed by atoms with Crippen LogP contribution in [0, 0.1) is 10.1 Å². The number of anilines is 1. The second kappa shape index (κ2) is 5.87. The van der Waals surface area contributed by atoms with Crippen LogP contribution in [0.2, 0.25) is 0 Å². The Morgan fingerprint density at radius 3 is 2.50 bits per heavy atom. The molecule has 1 aromatic carbocycles. The molecule has 104 valence electrons. The van der Waals surface area contributed by atoms with E-state index in [-0.39, 0.29) is 11.8 Å². The van der Waals surface area contributed by atoms with Gasteiger partial charge >= 0.3 is 5.88 Å². The largest absolute Gasteiger partial charge is 0.433 e. The van der Waals surface area contributed by atoms with E-state index in [1.54, 1.807) is 37.4 Å². The highest BCUT2D eigenvalue weighted by Gasteiger charge is 2.11. The van der Waals surface area contributed by atoms with Crippen LogP contribution in [-0.4, -0.2) is 17.9 Å². The Labute approximate surface area is 114 Å². The van der Waals surface area contributed by atoms with Crippen molar-refractivity contribution in [3.8, 4) is 0 Å². The first-order chi connectivity index (χ1) is 9.60. The molecule has 0 saturated heterocycles. The van der Waals surface area contributed by atoms with Gasteiger partial charge in [0.05, 0.1) is 12.6 Å². The summed E-state index contributed by atoms with van der Waals surface area (Å²) >= 11 is 0. The summed E-state index contributed by atoms with van der Waals surface area (Å²) in [6.45, 7) is 0.327. The number of hydrogen-bond donors (Lipinski definition) is 2. The predicted molar refractivity (Wildman–Crippen MR) is 72.5 cm³/mol. The van der Waals surface area contributed by atoms with Crippen LogP contribution in [0.5, 0.6) is 0 Å². The third-order valence-corrected chi connectivity index (χ3v) is 2.67. The molecular formula is C13H13N3O4. The van der Waals surface area contributed by atoms with Crippen LogP contribution in [0.3, 0.4) is 0 Å². The smallest absolute Gasteiger partial charge is 0.404 e. The number of hydrogen-bond acceptors (Lipinski definition) is 5. The summed E-state index contributed by atoms with van der Waals surface area (Å²) in [5, 5.41) is 16.1. The van der Waals surface area contributed by atoms with Gasteiger partial charge in [-0.05, 0) is 30.3 Å². The van der Waals surface area contributed by atoms with Gasteiger partial charge in [0.25, 0.3) is 5.91 Å². The lowest BCUT2D eigenvalue weighted by molar-refractivity contribution is -0.402. The maximum atomic E-state index is 11.4. The summed E-state index contributed by atoms with van der Waals surface area (Å²) in [4.78, 5) is 21.3. The van der Waals surface area contributed by atoms with Crippen molar-refractivity contribution < 1.29 is 14.1 Å². The molecule has 1 aromatic heterocycles. The Kier molecular flexibility index (Phi) is 3.99. The Morgan fingerprint density at radius 2 is 1.95 bits per heavy atom. The summed E-state index contributed by atoms with van der Waals surface area (Å²) < 4.78 is 5.02. The van der Waals surface area contributed by atoms with Gasteiger partial charge in [-0.25, -0.2) is 0 Å². The molecule has 1 amide bonds. The molecule has 0 aliphatic carbocycles. The van der Waals surface area contributed by atoms with Crippen molar-refractivity contribution in [3.05, 3.63) is 57.8 Å². The average molecular weight is 275 g/mol. The van der Waals surface area contributed by atoms with Gasteiger partial charge in [-0.3, -0.25) is 14.9 Å². The summed E-state index contributed by atoms with van der Waals surface area (Å²) in [5.74, 6) is 0.0297. The third-order valence-electron chi connectivity index (χ3n) is 2.67. The standard InChI is InChI=1S/C13H13N3O4/c1-14-13(17)9-2-4-10(5-3-9)15-8-11-6-7-12(20-11)16(18)19/h2-7,15H,8H2,1H3,(H,14,17). The fourth-order valence-electron chi connectivity index (χ4n) is 1.63. The minimum atomic E-state index is -0.582.